The van der Waals surface area contributed by atoms with Crippen LogP contribution in [0.15, 0.2) is 42.6 Å². The van der Waals surface area contributed by atoms with Crippen LogP contribution in [0.25, 0.3) is 22.6 Å². The van der Waals surface area contributed by atoms with Gasteiger partial charge in [-0.2, -0.15) is 5.10 Å². The van der Waals surface area contributed by atoms with Gasteiger partial charge in [0.05, 0.1) is 22.9 Å². The maximum Gasteiger partial charge on any atom is 0.235 e. The number of hydrogen-bond donors (Lipinski definition) is 2. The molecule has 9 nitrogen and oxygen atoms in total. The van der Waals surface area contributed by atoms with Crippen molar-refractivity contribution in [1.29, 1.82) is 0 Å². The highest BCUT2D eigenvalue weighted by atomic mass is 19.1. The van der Waals surface area contributed by atoms with Gasteiger partial charge in [0.1, 0.15) is 23.1 Å². The summed E-state index contributed by atoms with van der Waals surface area (Å²) in [7, 11) is 0. The second kappa shape index (κ2) is 7.29. The molecule has 1 saturated heterocycles. The van der Waals surface area contributed by atoms with Gasteiger partial charge < -0.3 is 16.0 Å². The first kappa shape index (κ1) is 20.7. The summed E-state index contributed by atoms with van der Waals surface area (Å²) in [6, 6.07) is 10.4. The van der Waals surface area contributed by atoms with E-state index in [4.69, 9.17) is 20.8 Å². The van der Waals surface area contributed by atoms with Crippen molar-refractivity contribution < 1.29 is 9.18 Å². The van der Waals surface area contributed by atoms with Crippen molar-refractivity contribution in [2.75, 3.05) is 23.3 Å². The predicted molar refractivity (Wildman–Crippen MR) is 126 cm³/mol. The number of carbonyl (C=O) groups is 1. The smallest absolute Gasteiger partial charge is 0.235 e. The zero-order valence-electron chi connectivity index (χ0n) is 18.8. The van der Waals surface area contributed by atoms with Crippen molar-refractivity contribution in [2.45, 2.75) is 31.8 Å². The van der Waals surface area contributed by atoms with Crippen LogP contribution in [0.1, 0.15) is 25.0 Å². The van der Waals surface area contributed by atoms with E-state index < -0.39 is 5.41 Å². The molecule has 1 fully saturated rings. The number of nitrogens with one attached hydrogen (secondary N) is 1. The number of nitrogens with zero attached hydrogens (tertiary/aromatic N) is 6. The quantitative estimate of drug-likeness (QED) is 0.483. The lowest BCUT2D eigenvalue weighted by Gasteiger charge is -2.39. The molecule has 5 heterocycles. The van der Waals surface area contributed by atoms with Crippen LogP contribution in [-0.2, 0) is 16.8 Å². The minimum Gasteiger partial charge on any atom is -0.353 e. The van der Waals surface area contributed by atoms with Crippen molar-refractivity contribution in [3.05, 3.63) is 59.5 Å². The second-order valence-electron chi connectivity index (χ2n) is 9.31. The Labute approximate surface area is 194 Å². The van der Waals surface area contributed by atoms with Gasteiger partial charge in [0.2, 0.25) is 5.91 Å². The summed E-state index contributed by atoms with van der Waals surface area (Å²) in [6.45, 7) is 5.24. The number of benzene rings is 1. The molecule has 6 rings (SSSR count). The normalized spacial score (nSPS) is 17.1. The lowest BCUT2D eigenvalue weighted by molar-refractivity contribution is -0.119. The number of carbonyl (C=O) groups excluding carboxylic acids is 1. The van der Waals surface area contributed by atoms with E-state index in [1.54, 1.807) is 29.1 Å². The molecule has 172 valence electrons. The van der Waals surface area contributed by atoms with Gasteiger partial charge >= 0.3 is 0 Å². The first-order valence-corrected chi connectivity index (χ1v) is 11.1. The zero-order valence-corrected chi connectivity index (χ0v) is 18.8. The predicted octanol–water partition coefficient (Wildman–Crippen LogP) is 2.45. The summed E-state index contributed by atoms with van der Waals surface area (Å²) in [5.74, 6) is 1.11. The van der Waals surface area contributed by atoms with E-state index in [1.807, 2.05) is 26.0 Å². The van der Waals surface area contributed by atoms with E-state index in [-0.39, 0.29) is 24.3 Å². The molecule has 1 amide bonds. The molecule has 2 aliphatic rings. The number of fused-ring (bicyclic) bond motifs is 2. The highest BCUT2D eigenvalue weighted by molar-refractivity contribution is 6.06. The molecule has 0 spiro atoms. The third-order valence-electron chi connectivity index (χ3n) is 6.52. The molecule has 3 N–H and O–H groups in total. The molecule has 2 aliphatic heterocycles. The monoisotopic (exact) mass is 458 g/mol. The average molecular weight is 459 g/mol. The van der Waals surface area contributed by atoms with Gasteiger partial charge in [-0.15, -0.1) is 0 Å². The molecule has 10 heteroatoms. The maximum absolute atomic E-state index is 14.3. The Kier molecular flexibility index (Phi) is 4.43. The van der Waals surface area contributed by atoms with Crippen LogP contribution in [-0.4, -0.2) is 49.8 Å². The molecule has 0 atom stereocenters. The standard InChI is InChI=1S/C24H23FN8O/c1-24(2)17-19(30-23(24)34)28-20(29-22(17)32-11-14(26)12-32)18-15-7-5-9-27-21(15)33(31-18)10-13-6-3-4-8-16(13)25/h3-9,14H,10-12,26H2,1-2H3,(H,28,29,30,34). The van der Waals surface area contributed by atoms with Gasteiger partial charge in [0.15, 0.2) is 11.5 Å². The van der Waals surface area contributed by atoms with E-state index in [9.17, 15) is 9.18 Å². The molecule has 3 aromatic heterocycles. The summed E-state index contributed by atoms with van der Waals surface area (Å²) in [4.78, 5) is 28.8. The lowest BCUT2D eigenvalue weighted by atomic mass is 9.86. The highest BCUT2D eigenvalue weighted by Gasteiger charge is 2.45. The number of pyridine rings is 1. The first-order chi connectivity index (χ1) is 16.3. The Balaban J connectivity index is 1.52. The van der Waals surface area contributed by atoms with Gasteiger partial charge in [0, 0.05) is 30.9 Å². The second-order valence-corrected chi connectivity index (χ2v) is 9.31. The van der Waals surface area contributed by atoms with Gasteiger partial charge in [-0.3, -0.25) is 4.79 Å². The fourth-order valence-electron chi connectivity index (χ4n) is 4.59. The van der Waals surface area contributed by atoms with Crippen molar-refractivity contribution in [1.82, 2.24) is 24.7 Å². The van der Waals surface area contributed by atoms with Gasteiger partial charge in [-0.05, 0) is 32.0 Å². The van der Waals surface area contributed by atoms with Crippen LogP contribution < -0.4 is 16.0 Å². The van der Waals surface area contributed by atoms with E-state index in [1.165, 1.54) is 6.07 Å². The molecule has 0 bridgehead atoms. The van der Waals surface area contributed by atoms with Crippen LogP contribution in [0.4, 0.5) is 16.0 Å². The Morgan fingerprint density at radius 3 is 2.74 bits per heavy atom. The zero-order chi connectivity index (χ0) is 23.6. The number of nitrogens with two attached hydrogens (primary N) is 1. The third kappa shape index (κ3) is 3.06. The molecule has 0 aliphatic carbocycles. The van der Waals surface area contributed by atoms with E-state index in [2.05, 4.69) is 15.2 Å². The first-order valence-electron chi connectivity index (χ1n) is 11.1. The summed E-state index contributed by atoms with van der Waals surface area (Å²) in [5.41, 5.74) is 7.66. The molecule has 1 aromatic carbocycles. The molecule has 0 unspecified atom stereocenters. The van der Waals surface area contributed by atoms with E-state index in [0.29, 0.717) is 47.5 Å². The maximum atomic E-state index is 14.3. The van der Waals surface area contributed by atoms with Crippen molar-refractivity contribution in [3.63, 3.8) is 0 Å². The topological polar surface area (TPSA) is 115 Å². The Bertz CT molecular complexity index is 1460. The minimum atomic E-state index is -0.767. The highest BCUT2D eigenvalue weighted by Crippen LogP contribution is 2.43. The van der Waals surface area contributed by atoms with Crippen LogP contribution in [0.3, 0.4) is 0 Å². The summed E-state index contributed by atoms with van der Waals surface area (Å²) >= 11 is 0. The summed E-state index contributed by atoms with van der Waals surface area (Å²) < 4.78 is 16.0. The number of halogens is 1. The Morgan fingerprint density at radius 2 is 1.97 bits per heavy atom. The molecular weight excluding hydrogens is 435 g/mol. The molecule has 34 heavy (non-hydrogen) atoms. The van der Waals surface area contributed by atoms with Gasteiger partial charge in [0.25, 0.3) is 0 Å². The number of anilines is 2. The summed E-state index contributed by atoms with van der Waals surface area (Å²) in [6.07, 6.45) is 1.67. The van der Waals surface area contributed by atoms with Crippen molar-refractivity contribution in [2.24, 2.45) is 5.73 Å². The summed E-state index contributed by atoms with van der Waals surface area (Å²) in [5, 5.41) is 8.39. The van der Waals surface area contributed by atoms with Crippen LogP contribution in [0, 0.1) is 5.82 Å². The van der Waals surface area contributed by atoms with Gasteiger partial charge in [-0.25, -0.2) is 24.0 Å². The van der Waals surface area contributed by atoms with E-state index >= 15 is 0 Å². The average Bonchev–Trinajstić information content (AvgIpc) is 3.27. The fraction of sp³-hybridized carbons (Fsp3) is 0.292. The van der Waals surface area contributed by atoms with Crippen LogP contribution in [0.5, 0.6) is 0 Å². The largest absolute Gasteiger partial charge is 0.353 e. The van der Waals surface area contributed by atoms with Crippen molar-refractivity contribution >= 4 is 28.6 Å². The number of amides is 1. The van der Waals surface area contributed by atoms with Crippen molar-refractivity contribution in [3.8, 4) is 11.5 Å². The van der Waals surface area contributed by atoms with Crippen LogP contribution in [0.2, 0.25) is 0 Å². The number of rotatable bonds is 4. The lowest BCUT2D eigenvalue weighted by Crippen LogP contribution is -2.56. The number of aromatic nitrogens is 5. The van der Waals surface area contributed by atoms with Crippen LogP contribution >= 0.6 is 0 Å². The molecule has 0 saturated carbocycles. The minimum absolute atomic E-state index is 0.0623. The number of hydrogen-bond acceptors (Lipinski definition) is 7. The Hall–Kier alpha value is -3.92. The third-order valence-corrected chi connectivity index (χ3v) is 6.52. The molecular formula is C24H23FN8O. The molecule has 0 radical (unpaired) electrons. The van der Waals surface area contributed by atoms with E-state index in [0.717, 1.165) is 10.9 Å². The Morgan fingerprint density at radius 1 is 1.18 bits per heavy atom. The van der Waals surface area contributed by atoms with Gasteiger partial charge in [-0.1, -0.05) is 18.2 Å². The SMILES string of the molecule is CC1(C)C(=O)Nc2nc(-c3nn(Cc4ccccc4F)c4ncccc34)nc(N3CC(N)C3)c21. The fourth-order valence-corrected chi connectivity index (χ4v) is 4.59. The molecule has 4 aromatic rings.